The SMILES string of the molecule is Cc1ccc(C(=O)Nc2cc(S(C)(=O)=O)ccc2F)cc1. The second-order valence-corrected chi connectivity index (χ2v) is 6.75. The Morgan fingerprint density at radius 1 is 1.10 bits per heavy atom. The van der Waals surface area contributed by atoms with Crippen LogP contribution >= 0.6 is 0 Å². The van der Waals surface area contributed by atoms with Crippen molar-refractivity contribution in [3.8, 4) is 0 Å². The average Bonchev–Trinajstić information content (AvgIpc) is 2.40. The number of rotatable bonds is 3. The molecule has 0 fully saturated rings. The molecule has 0 saturated heterocycles. The predicted molar refractivity (Wildman–Crippen MR) is 78.6 cm³/mol. The number of carbonyl (C=O) groups excluding carboxylic acids is 1. The van der Waals surface area contributed by atoms with E-state index in [0.717, 1.165) is 30.0 Å². The van der Waals surface area contributed by atoms with E-state index in [-0.39, 0.29) is 10.6 Å². The Labute approximate surface area is 122 Å². The van der Waals surface area contributed by atoms with Gasteiger partial charge in [-0.3, -0.25) is 4.79 Å². The van der Waals surface area contributed by atoms with Crippen LogP contribution in [0.2, 0.25) is 0 Å². The molecule has 0 unspecified atom stereocenters. The standard InChI is InChI=1S/C15H14FNO3S/c1-10-3-5-11(6-4-10)15(18)17-14-9-12(21(2,19)20)7-8-13(14)16/h3-9H,1-2H3,(H,17,18). The molecular weight excluding hydrogens is 293 g/mol. The number of sulfone groups is 1. The molecule has 21 heavy (non-hydrogen) atoms. The van der Waals surface area contributed by atoms with Crippen LogP contribution in [0.1, 0.15) is 15.9 Å². The van der Waals surface area contributed by atoms with E-state index in [1.54, 1.807) is 24.3 Å². The third-order valence-corrected chi connectivity index (χ3v) is 4.04. The number of carbonyl (C=O) groups is 1. The Morgan fingerprint density at radius 2 is 1.71 bits per heavy atom. The molecule has 1 amide bonds. The van der Waals surface area contributed by atoms with Crippen molar-refractivity contribution in [1.29, 1.82) is 0 Å². The Bertz CT molecular complexity index is 783. The van der Waals surface area contributed by atoms with E-state index in [9.17, 15) is 17.6 Å². The number of nitrogens with one attached hydrogen (secondary N) is 1. The van der Waals surface area contributed by atoms with Gasteiger partial charge in [-0.1, -0.05) is 17.7 Å². The molecule has 0 heterocycles. The van der Waals surface area contributed by atoms with Crippen molar-refractivity contribution in [3.63, 3.8) is 0 Å². The van der Waals surface area contributed by atoms with E-state index in [2.05, 4.69) is 5.32 Å². The second-order valence-electron chi connectivity index (χ2n) is 4.73. The van der Waals surface area contributed by atoms with Crippen LogP contribution in [-0.2, 0) is 9.84 Å². The molecule has 6 heteroatoms. The maximum absolute atomic E-state index is 13.7. The molecule has 110 valence electrons. The topological polar surface area (TPSA) is 63.2 Å². The molecule has 0 bridgehead atoms. The minimum absolute atomic E-state index is 0.0527. The quantitative estimate of drug-likeness (QED) is 0.887. The minimum atomic E-state index is -3.47. The number of benzene rings is 2. The molecule has 0 radical (unpaired) electrons. The molecule has 2 rings (SSSR count). The van der Waals surface area contributed by atoms with Crippen molar-refractivity contribution >= 4 is 21.4 Å². The maximum Gasteiger partial charge on any atom is 0.255 e. The van der Waals surface area contributed by atoms with Gasteiger partial charge >= 0.3 is 0 Å². The molecule has 1 N–H and O–H groups in total. The van der Waals surface area contributed by atoms with Gasteiger partial charge in [-0.15, -0.1) is 0 Å². The fraction of sp³-hybridized carbons (Fsp3) is 0.133. The Hall–Kier alpha value is -2.21. The lowest BCUT2D eigenvalue weighted by molar-refractivity contribution is 0.102. The Morgan fingerprint density at radius 3 is 2.29 bits per heavy atom. The monoisotopic (exact) mass is 307 g/mol. The van der Waals surface area contributed by atoms with Crippen molar-refractivity contribution < 1.29 is 17.6 Å². The molecule has 0 aromatic heterocycles. The summed E-state index contributed by atoms with van der Waals surface area (Å²) in [5, 5.41) is 2.38. The van der Waals surface area contributed by atoms with Crippen molar-refractivity contribution in [3.05, 3.63) is 59.4 Å². The first kappa shape index (κ1) is 15.2. The van der Waals surface area contributed by atoms with Gasteiger partial charge in [0.25, 0.3) is 5.91 Å². The van der Waals surface area contributed by atoms with Gasteiger partial charge in [0.05, 0.1) is 10.6 Å². The zero-order valence-electron chi connectivity index (χ0n) is 11.6. The normalized spacial score (nSPS) is 11.2. The summed E-state index contributed by atoms with van der Waals surface area (Å²) in [4.78, 5) is 12.0. The number of aryl methyl sites for hydroxylation is 1. The third-order valence-electron chi connectivity index (χ3n) is 2.93. The highest BCUT2D eigenvalue weighted by molar-refractivity contribution is 7.90. The summed E-state index contributed by atoms with van der Waals surface area (Å²) in [6.45, 7) is 1.89. The summed E-state index contributed by atoms with van der Waals surface area (Å²) >= 11 is 0. The number of halogens is 1. The van der Waals surface area contributed by atoms with E-state index < -0.39 is 21.6 Å². The fourth-order valence-electron chi connectivity index (χ4n) is 1.73. The zero-order valence-corrected chi connectivity index (χ0v) is 12.4. The van der Waals surface area contributed by atoms with Gasteiger partial charge in [0.2, 0.25) is 0 Å². The van der Waals surface area contributed by atoms with Crippen LogP contribution in [0.25, 0.3) is 0 Å². The van der Waals surface area contributed by atoms with Crippen LogP contribution < -0.4 is 5.32 Å². The van der Waals surface area contributed by atoms with Crippen molar-refractivity contribution in [1.82, 2.24) is 0 Å². The minimum Gasteiger partial charge on any atom is -0.319 e. The van der Waals surface area contributed by atoms with E-state index >= 15 is 0 Å². The van der Waals surface area contributed by atoms with Crippen molar-refractivity contribution in [2.75, 3.05) is 11.6 Å². The third kappa shape index (κ3) is 3.66. The van der Waals surface area contributed by atoms with Crippen LogP contribution in [0.5, 0.6) is 0 Å². The lowest BCUT2D eigenvalue weighted by Crippen LogP contribution is -2.13. The van der Waals surface area contributed by atoms with Crippen LogP contribution in [0.4, 0.5) is 10.1 Å². The highest BCUT2D eigenvalue weighted by Crippen LogP contribution is 2.20. The van der Waals surface area contributed by atoms with Gasteiger partial charge in [0.1, 0.15) is 5.82 Å². The Balaban J connectivity index is 2.31. The van der Waals surface area contributed by atoms with Crippen LogP contribution in [-0.4, -0.2) is 20.6 Å². The lowest BCUT2D eigenvalue weighted by Gasteiger charge is -2.08. The molecule has 0 aliphatic rings. The van der Waals surface area contributed by atoms with E-state index in [1.165, 1.54) is 0 Å². The number of amides is 1. The van der Waals surface area contributed by atoms with Gasteiger partial charge in [-0.25, -0.2) is 12.8 Å². The van der Waals surface area contributed by atoms with Crippen molar-refractivity contribution in [2.24, 2.45) is 0 Å². The average molecular weight is 307 g/mol. The molecule has 2 aromatic carbocycles. The van der Waals surface area contributed by atoms with Crippen LogP contribution in [0, 0.1) is 12.7 Å². The summed E-state index contributed by atoms with van der Waals surface area (Å²) in [7, 11) is -3.47. The van der Waals surface area contributed by atoms with E-state index in [4.69, 9.17) is 0 Å². The van der Waals surface area contributed by atoms with Gasteiger partial charge < -0.3 is 5.32 Å². The number of anilines is 1. The predicted octanol–water partition coefficient (Wildman–Crippen LogP) is 2.79. The first-order valence-corrected chi connectivity index (χ1v) is 8.04. The molecule has 4 nitrogen and oxygen atoms in total. The van der Waals surface area contributed by atoms with E-state index in [0.29, 0.717) is 5.56 Å². The summed E-state index contributed by atoms with van der Waals surface area (Å²) in [5.74, 6) is -1.19. The van der Waals surface area contributed by atoms with Gasteiger partial charge in [0, 0.05) is 11.8 Å². The molecule has 0 aliphatic heterocycles. The van der Waals surface area contributed by atoms with Crippen LogP contribution in [0.15, 0.2) is 47.4 Å². The number of hydrogen-bond donors (Lipinski definition) is 1. The summed E-state index contributed by atoms with van der Waals surface area (Å²) in [6.07, 6.45) is 1.02. The smallest absolute Gasteiger partial charge is 0.255 e. The molecular formula is C15H14FNO3S. The summed E-state index contributed by atoms with van der Waals surface area (Å²) < 4.78 is 36.6. The first-order valence-electron chi connectivity index (χ1n) is 6.15. The van der Waals surface area contributed by atoms with Gasteiger partial charge in [-0.05, 0) is 37.3 Å². The van der Waals surface area contributed by atoms with Gasteiger partial charge in [-0.2, -0.15) is 0 Å². The highest BCUT2D eigenvalue weighted by atomic mass is 32.2. The Kier molecular flexibility index (Phi) is 4.09. The molecule has 0 spiro atoms. The summed E-state index contributed by atoms with van der Waals surface area (Å²) in [5.41, 5.74) is 1.20. The van der Waals surface area contributed by atoms with E-state index in [1.807, 2.05) is 6.92 Å². The fourth-order valence-corrected chi connectivity index (χ4v) is 2.38. The molecule has 0 aliphatic carbocycles. The molecule has 2 aromatic rings. The summed E-state index contributed by atoms with van der Waals surface area (Å²) in [6, 6.07) is 10.0. The molecule has 0 saturated carbocycles. The van der Waals surface area contributed by atoms with Crippen molar-refractivity contribution in [2.45, 2.75) is 11.8 Å². The lowest BCUT2D eigenvalue weighted by atomic mass is 10.1. The second kappa shape index (κ2) is 5.65. The van der Waals surface area contributed by atoms with Gasteiger partial charge in [0.15, 0.2) is 9.84 Å². The molecule has 0 atom stereocenters. The largest absolute Gasteiger partial charge is 0.319 e. The number of hydrogen-bond acceptors (Lipinski definition) is 3. The first-order chi connectivity index (χ1) is 9.77. The maximum atomic E-state index is 13.7. The van der Waals surface area contributed by atoms with Crippen LogP contribution in [0.3, 0.4) is 0 Å². The zero-order chi connectivity index (χ0) is 15.6. The highest BCUT2D eigenvalue weighted by Gasteiger charge is 2.13.